The molecular formula is C30H37N7OS2. The summed E-state index contributed by atoms with van der Waals surface area (Å²) in [5, 5.41) is 2.39. The Morgan fingerprint density at radius 2 is 1.38 bits per heavy atom. The third-order valence-electron chi connectivity index (χ3n) is 8.82. The lowest BCUT2D eigenvalue weighted by Gasteiger charge is -2.33. The Labute approximate surface area is 243 Å². The highest BCUT2D eigenvalue weighted by atomic mass is 32.1. The summed E-state index contributed by atoms with van der Waals surface area (Å²) in [5.74, 6) is 2.12. The summed E-state index contributed by atoms with van der Waals surface area (Å²) in [4.78, 5) is 45.7. The topological polar surface area (TPSA) is 78.4 Å². The number of anilines is 2. The van der Waals surface area contributed by atoms with Crippen LogP contribution in [0.1, 0.15) is 77.5 Å². The van der Waals surface area contributed by atoms with Gasteiger partial charge >= 0.3 is 0 Å². The number of hydrogen-bond acceptors (Lipinski definition) is 9. The van der Waals surface area contributed by atoms with Crippen molar-refractivity contribution in [3.8, 4) is 0 Å². The van der Waals surface area contributed by atoms with E-state index in [1.807, 2.05) is 0 Å². The normalized spacial score (nSPS) is 17.4. The van der Waals surface area contributed by atoms with Crippen LogP contribution in [0.5, 0.6) is 0 Å². The van der Waals surface area contributed by atoms with Gasteiger partial charge in [-0.25, -0.2) is 19.9 Å². The molecule has 10 heteroatoms. The lowest BCUT2D eigenvalue weighted by molar-refractivity contribution is -0.129. The second kappa shape index (κ2) is 10.2. The summed E-state index contributed by atoms with van der Waals surface area (Å²) in [6, 6.07) is 0. The van der Waals surface area contributed by atoms with Gasteiger partial charge in [0.05, 0.1) is 10.8 Å². The third-order valence-corrected chi connectivity index (χ3v) is 11.2. The van der Waals surface area contributed by atoms with Crippen LogP contribution in [0.15, 0.2) is 0 Å². The average Bonchev–Trinajstić information content (AvgIpc) is 3.49. The molecule has 40 heavy (non-hydrogen) atoms. The zero-order chi connectivity index (χ0) is 27.5. The first-order valence-electron chi connectivity index (χ1n) is 14.8. The van der Waals surface area contributed by atoms with Gasteiger partial charge in [0.15, 0.2) is 17.6 Å². The van der Waals surface area contributed by atoms with E-state index in [-0.39, 0.29) is 5.91 Å². The monoisotopic (exact) mass is 575 g/mol. The van der Waals surface area contributed by atoms with Gasteiger partial charge in [-0.05, 0) is 75.8 Å². The molecule has 0 bridgehead atoms. The molecule has 1 saturated heterocycles. The summed E-state index contributed by atoms with van der Waals surface area (Å²) >= 11 is 3.58. The Morgan fingerprint density at radius 1 is 0.800 bits per heavy atom. The summed E-state index contributed by atoms with van der Waals surface area (Å²) in [6.45, 7) is 4.96. The van der Waals surface area contributed by atoms with Crippen LogP contribution in [0.4, 0.5) is 11.6 Å². The Morgan fingerprint density at radius 3 is 1.95 bits per heavy atom. The van der Waals surface area contributed by atoms with E-state index >= 15 is 0 Å². The number of rotatable bonds is 6. The second-order valence-corrected chi connectivity index (χ2v) is 13.8. The number of fused-ring (bicyclic) bond motifs is 6. The molecule has 7 rings (SSSR count). The summed E-state index contributed by atoms with van der Waals surface area (Å²) in [7, 11) is 5.69. The van der Waals surface area contributed by atoms with Crippen molar-refractivity contribution in [2.24, 2.45) is 0 Å². The molecule has 210 valence electrons. The van der Waals surface area contributed by atoms with Crippen LogP contribution in [0.3, 0.4) is 0 Å². The molecule has 0 radical (unpaired) electrons. The number of hydrogen-bond donors (Lipinski definition) is 0. The predicted molar refractivity (Wildman–Crippen MR) is 164 cm³/mol. The van der Waals surface area contributed by atoms with Crippen LogP contribution in [-0.4, -0.2) is 71.5 Å². The number of aromatic nitrogens is 4. The molecule has 5 heterocycles. The van der Waals surface area contributed by atoms with Crippen LogP contribution in [-0.2, 0) is 30.5 Å². The zero-order valence-electron chi connectivity index (χ0n) is 23.9. The molecule has 0 N–H and O–H groups in total. The first kappa shape index (κ1) is 26.1. The maximum atomic E-state index is 14.0. The minimum absolute atomic E-state index is 0.0824. The van der Waals surface area contributed by atoms with Crippen LogP contribution in [0, 0.1) is 0 Å². The fourth-order valence-corrected chi connectivity index (χ4v) is 8.87. The highest BCUT2D eigenvalue weighted by molar-refractivity contribution is 7.19. The number of amides is 1. The Kier molecular flexibility index (Phi) is 6.65. The van der Waals surface area contributed by atoms with Gasteiger partial charge in [-0.2, -0.15) is 0 Å². The fourth-order valence-electron chi connectivity index (χ4n) is 6.34. The van der Waals surface area contributed by atoms with Crippen LogP contribution >= 0.6 is 22.7 Å². The standard InChI is InChI=1S/C30H37N7OS2/c1-5-36(4)26-21-17-11-6-8-13-19(17)39-28(21)33-24(31-26)23(30(38)35(2)3)25-32-27(37-15-10-16-37)22-18-12-7-9-14-20(18)40-29(22)34-25/h23H,5-16H2,1-4H3. The molecule has 1 atom stereocenters. The van der Waals surface area contributed by atoms with Gasteiger partial charge in [-0.1, -0.05) is 0 Å². The maximum Gasteiger partial charge on any atom is 0.240 e. The van der Waals surface area contributed by atoms with Gasteiger partial charge < -0.3 is 14.7 Å². The van der Waals surface area contributed by atoms with E-state index in [2.05, 4.69) is 23.8 Å². The zero-order valence-corrected chi connectivity index (χ0v) is 25.6. The van der Waals surface area contributed by atoms with E-state index in [1.54, 1.807) is 41.7 Å². The molecule has 0 aromatic carbocycles. The van der Waals surface area contributed by atoms with Crippen molar-refractivity contribution in [2.45, 2.75) is 70.6 Å². The number of aryl methyl sites for hydroxylation is 4. The van der Waals surface area contributed by atoms with Crippen molar-refractivity contribution in [3.05, 3.63) is 32.5 Å². The van der Waals surface area contributed by atoms with Gasteiger partial charge in [0.1, 0.15) is 21.3 Å². The van der Waals surface area contributed by atoms with E-state index in [1.165, 1.54) is 63.8 Å². The molecule has 1 amide bonds. The fraction of sp³-hybridized carbons (Fsp3) is 0.567. The van der Waals surface area contributed by atoms with Gasteiger partial charge in [-0.15, -0.1) is 22.7 Å². The van der Waals surface area contributed by atoms with E-state index < -0.39 is 5.92 Å². The van der Waals surface area contributed by atoms with Crippen LogP contribution in [0.2, 0.25) is 0 Å². The number of thiophene rings is 2. The SMILES string of the molecule is CCN(C)c1nc(C(C(=O)N(C)C)c2nc(N3CCC3)c3c4c(sc3n2)CCCC4)nc2sc3c(c12)CCCC3. The van der Waals surface area contributed by atoms with E-state index in [0.717, 1.165) is 66.6 Å². The Hall–Kier alpha value is -2.85. The van der Waals surface area contributed by atoms with Crippen molar-refractivity contribution in [1.29, 1.82) is 0 Å². The quantitative estimate of drug-likeness (QED) is 0.307. The van der Waals surface area contributed by atoms with E-state index in [9.17, 15) is 4.79 Å². The van der Waals surface area contributed by atoms with E-state index in [0.29, 0.717) is 11.6 Å². The van der Waals surface area contributed by atoms with Gasteiger partial charge in [0.2, 0.25) is 5.91 Å². The van der Waals surface area contributed by atoms with Crippen LogP contribution in [0.25, 0.3) is 20.4 Å². The molecule has 1 fully saturated rings. The molecule has 8 nitrogen and oxygen atoms in total. The highest BCUT2D eigenvalue weighted by Gasteiger charge is 2.35. The molecule has 2 aliphatic carbocycles. The first-order valence-corrected chi connectivity index (χ1v) is 16.4. The third kappa shape index (κ3) is 4.17. The largest absolute Gasteiger partial charge is 0.359 e. The smallest absolute Gasteiger partial charge is 0.240 e. The predicted octanol–water partition coefficient (Wildman–Crippen LogP) is 5.34. The van der Waals surface area contributed by atoms with Crippen molar-refractivity contribution in [2.75, 3.05) is 50.6 Å². The Bertz CT molecular complexity index is 1520. The number of likely N-dealkylation sites (N-methyl/N-ethyl adjacent to an activating group) is 1. The van der Waals surface area contributed by atoms with Gasteiger partial charge in [0.25, 0.3) is 0 Å². The number of nitrogens with zero attached hydrogens (tertiary/aromatic N) is 7. The molecule has 4 aromatic heterocycles. The maximum absolute atomic E-state index is 14.0. The highest BCUT2D eigenvalue weighted by Crippen LogP contribution is 2.43. The summed E-state index contributed by atoms with van der Waals surface area (Å²) in [6.07, 6.45) is 10.4. The first-order chi connectivity index (χ1) is 19.4. The molecule has 1 unspecified atom stereocenters. The van der Waals surface area contributed by atoms with Crippen molar-refractivity contribution in [1.82, 2.24) is 24.8 Å². The van der Waals surface area contributed by atoms with Crippen molar-refractivity contribution >= 4 is 60.6 Å². The van der Waals surface area contributed by atoms with Crippen molar-refractivity contribution in [3.63, 3.8) is 0 Å². The summed E-state index contributed by atoms with van der Waals surface area (Å²) < 4.78 is 0. The van der Waals surface area contributed by atoms with Gasteiger partial charge in [0, 0.05) is 50.5 Å². The van der Waals surface area contributed by atoms with Crippen LogP contribution < -0.4 is 9.80 Å². The summed E-state index contributed by atoms with van der Waals surface area (Å²) in [5.41, 5.74) is 2.84. The average molecular weight is 576 g/mol. The molecule has 4 aromatic rings. The van der Waals surface area contributed by atoms with Crippen molar-refractivity contribution < 1.29 is 4.79 Å². The second-order valence-electron chi connectivity index (χ2n) is 11.6. The minimum atomic E-state index is -0.758. The number of carbonyl (C=O) groups is 1. The number of carbonyl (C=O) groups excluding carboxylic acids is 1. The molecule has 0 spiro atoms. The lowest BCUT2D eigenvalue weighted by atomic mass is 9.96. The van der Waals surface area contributed by atoms with Gasteiger partial charge in [-0.3, -0.25) is 4.79 Å². The minimum Gasteiger partial charge on any atom is -0.359 e. The molecule has 1 aliphatic heterocycles. The Balaban J connectivity index is 1.45. The molecule has 0 saturated carbocycles. The van der Waals surface area contributed by atoms with E-state index in [4.69, 9.17) is 19.9 Å². The lowest BCUT2D eigenvalue weighted by Crippen LogP contribution is -2.38. The molecular weight excluding hydrogens is 539 g/mol. The molecule has 3 aliphatic rings.